The molecule has 0 aliphatic carbocycles. The number of nitrogens with zero attached hydrogens (tertiary/aromatic N) is 1. The number of carboxylic acids is 1. The van der Waals surface area contributed by atoms with Gasteiger partial charge in [-0.1, -0.05) is 0 Å². The van der Waals surface area contributed by atoms with Crippen LogP contribution in [0.15, 0.2) is 23.1 Å². The summed E-state index contributed by atoms with van der Waals surface area (Å²) in [6.45, 7) is 1.58. The lowest BCUT2D eigenvalue weighted by atomic mass is 10.1. The molecule has 0 saturated heterocycles. The molecule has 1 rings (SSSR count). The maximum Gasteiger partial charge on any atom is 0.303 e. The van der Waals surface area contributed by atoms with Crippen molar-refractivity contribution in [2.24, 2.45) is 0 Å². The summed E-state index contributed by atoms with van der Waals surface area (Å²) in [5.74, 6) is -1.72. The first-order valence-electron chi connectivity index (χ1n) is 6.53. The second-order valence-electron chi connectivity index (χ2n) is 5.05. The molecule has 0 radical (unpaired) electrons. The fourth-order valence-electron chi connectivity index (χ4n) is 1.75. The predicted molar refractivity (Wildman–Crippen MR) is 80.0 cm³/mol. The van der Waals surface area contributed by atoms with Crippen molar-refractivity contribution in [2.45, 2.75) is 30.7 Å². The lowest BCUT2D eigenvalue weighted by molar-refractivity contribution is -0.385. The molecule has 1 unspecified atom stereocenters. The van der Waals surface area contributed by atoms with Gasteiger partial charge in [0.25, 0.3) is 11.6 Å². The number of carbonyl (C=O) groups is 2. The Morgan fingerprint density at radius 1 is 1.35 bits per heavy atom. The second-order valence-corrected chi connectivity index (χ2v) is 7.07. The highest BCUT2D eigenvalue weighted by molar-refractivity contribution is 7.90. The topological polar surface area (TPSA) is 144 Å². The number of carbonyl (C=O) groups excluding carboxylic acids is 1. The van der Waals surface area contributed by atoms with Gasteiger partial charge in [0, 0.05) is 36.4 Å². The molecule has 1 amide bonds. The molecule has 1 aromatic carbocycles. The van der Waals surface area contributed by atoms with Gasteiger partial charge >= 0.3 is 5.97 Å². The van der Waals surface area contributed by atoms with E-state index in [0.29, 0.717) is 0 Å². The number of rotatable bonds is 7. The van der Waals surface area contributed by atoms with E-state index < -0.39 is 38.4 Å². The van der Waals surface area contributed by atoms with Gasteiger partial charge in [0.1, 0.15) is 0 Å². The first-order chi connectivity index (χ1) is 10.5. The Morgan fingerprint density at radius 2 is 1.96 bits per heavy atom. The van der Waals surface area contributed by atoms with Gasteiger partial charge < -0.3 is 10.4 Å². The molecule has 10 heteroatoms. The number of hydrogen-bond donors (Lipinski definition) is 2. The zero-order valence-electron chi connectivity index (χ0n) is 12.5. The number of nitro benzene ring substituents is 1. The van der Waals surface area contributed by atoms with Crippen LogP contribution in [-0.4, -0.2) is 42.6 Å². The van der Waals surface area contributed by atoms with Gasteiger partial charge in [-0.25, -0.2) is 8.42 Å². The van der Waals surface area contributed by atoms with Crippen LogP contribution in [0.1, 0.15) is 30.1 Å². The van der Waals surface area contributed by atoms with Crippen molar-refractivity contribution in [3.63, 3.8) is 0 Å². The highest BCUT2D eigenvalue weighted by atomic mass is 32.2. The predicted octanol–water partition coefficient (Wildman–Crippen LogP) is 0.981. The minimum Gasteiger partial charge on any atom is -0.481 e. The van der Waals surface area contributed by atoms with Crippen LogP contribution in [0.2, 0.25) is 0 Å². The Hall–Kier alpha value is -2.49. The zero-order valence-corrected chi connectivity index (χ0v) is 13.3. The number of sulfone groups is 1. The molecule has 0 aliphatic rings. The number of amides is 1. The van der Waals surface area contributed by atoms with Crippen LogP contribution >= 0.6 is 0 Å². The Morgan fingerprint density at radius 3 is 2.43 bits per heavy atom. The van der Waals surface area contributed by atoms with E-state index in [4.69, 9.17) is 5.11 Å². The molecule has 0 heterocycles. The van der Waals surface area contributed by atoms with E-state index in [0.717, 1.165) is 24.5 Å². The fraction of sp³-hybridized carbons (Fsp3) is 0.385. The summed E-state index contributed by atoms with van der Waals surface area (Å²) in [5, 5.41) is 21.9. The number of hydrogen-bond acceptors (Lipinski definition) is 6. The van der Waals surface area contributed by atoms with Crippen LogP contribution in [0, 0.1) is 10.1 Å². The van der Waals surface area contributed by atoms with Crippen LogP contribution in [-0.2, 0) is 14.6 Å². The Kier molecular flexibility index (Phi) is 5.79. The van der Waals surface area contributed by atoms with Crippen molar-refractivity contribution in [3.05, 3.63) is 33.9 Å². The van der Waals surface area contributed by atoms with Gasteiger partial charge in [-0.2, -0.15) is 0 Å². The van der Waals surface area contributed by atoms with Gasteiger partial charge in [-0.3, -0.25) is 19.7 Å². The monoisotopic (exact) mass is 344 g/mol. The van der Waals surface area contributed by atoms with Crippen LogP contribution in [0.3, 0.4) is 0 Å². The molecular formula is C13H16N2O7S. The highest BCUT2D eigenvalue weighted by Crippen LogP contribution is 2.21. The molecular weight excluding hydrogens is 328 g/mol. The fourth-order valence-corrected chi connectivity index (χ4v) is 2.43. The molecule has 1 atom stereocenters. The van der Waals surface area contributed by atoms with E-state index in [1.54, 1.807) is 6.92 Å². The summed E-state index contributed by atoms with van der Waals surface area (Å²) in [6, 6.07) is 2.40. The SMILES string of the molecule is CC(CCC(=O)O)NC(=O)c1cc([N+](=O)[O-])cc(S(C)(=O)=O)c1. The van der Waals surface area contributed by atoms with Crippen LogP contribution in [0.25, 0.3) is 0 Å². The lowest BCUT2D eigenvalue weighted by Crippen LogP contribution is -2.33. The minimum atomic E-state index is -3.73. The first kappa shape index (κ1) is 18.6. The first-order valence-corrected chi connectivity index (χ1v) is 8.42. The quantitative estimate of drug-likeness (QED) is 0.554. The van der Waals surface area contributed by atoms with Crippen molar-refractivity contribution < 1.29 is 28.0 Å². The highest BCUT2D eigenvalue weighted by Gasteiger charge is 2.20. The number of nitro groups is 1. The molecule has 23 heavy (non-hydrogen) atoms. The van der Waals surface area contributed by atoms with Gasteiger partial charge in [-0.05, 0) is 19.4 Å². The second kappa shape index (κ2) is 7.18. The third-order valence-electron chi connectivity index (χ3n) is 2.96. The normalized spacial score (nSPS) is 12.4. The molecule has 0 aromatic heterocycles. The van der Waals surface area contributed by atoms with E-state index in [-0.39, 0.29) is 23.3 Å². The molecule has 0 bridgehead atoms. The molecule has 0 spiro atoms. The summed E-state index contributed by atoms with van der Waals surface area (Å²) in [6.07, 6.45) is 0.906. The van der Waals surface area contributed by atoms with Gasteiger partial charge in [0.2, 0.25) is 0 Å². The number of carboxylic acid groups (broad SMARTS) is 1. The summed E-state index contributed by atoms with van der Waals surface area (Å²) in [7, 11) is -3.73. The molecule has 1 aromatic rings. The molecule has 0 saturated carbocycles. The molecule has 2 N–H and O–H groups in total. The van der Waals surface area contributed by atoms with E-state index >= 15 is 0 Å². The number of nitrogens with one attached hydrogen (secondary N) is 1. The summed E-state index contributed by atoms with van der Waals surface area (Å²) >= 11 is 0. The van der Waals surface area contributed by atoms with Crippen molar-refractivity contribution in [1.82, 2.24) is 5.32 Å². The Labute approximate surface area is 132 Å². The summed E-state index contributed by atoms with van der Waals surface area (Å²) in [4.78, 5) is 32.3. The van der Waals surface area contributed by atoms with Gasteiger partial charge in [0.05, 0.1) is 9.82 Å². The largest absolute Gasteiger partial charge is 0.481 e. The average molecular weight is 344 g/mol. The van der Waals surface area contributed by atoms with E-state index in [2.05, 4.69) is 5.32 Å². The minimum absolute atomic E-state index is 0.148. The summed E-state index contributed by atoms with van der Waals surface area (Å²) < 4.78 is 23.1. The number of aliphatic carboxylic acids is 1. The van der Waals surface area contributed by atoms with E-state index in [1.807, 2.05) is 0 Å². The molecule has 9 nitrogen and oxygen atoms in total. The number of non-ortho nitro benzene ring substituents is 1. The van der Waals surface area contributed by atoms with Crippen molar-refractivity contribution in [1.29, 1.82) is 0 Å². The van der Waals surface area contributed by atoms with E-state index in [1.165, 1.54) is 0 Å². The van der Waals surface area contributed by atoms with Crippen molar-refractivity contribution in [2.75, 3.05) is 6.26 Å². The molecule has 0 fully saturated rings. The zero-order chi connectivity index (χ0) is 17.8. The maximum atomic E-state index is 12.1. The Bertz CT molecular complexity index is 743. The molecule has 0 aliphatic heterocycles. The van der Waals surface area contributed by atoms with Crippen LogP contribution in [0.4, 0.5) is 5.69 Å². The average Bonchev–Trinajstić information content (AvgIpc) is 2.43. The third kappa shape index (κ3) is 5.66. The lowest BCUT2D eigenvalue weighted by Gasteiger charge is -2.13. The van der Waals surface area contributed by atoms with Crippen LogP contribution in [0.5, 0.6) is 0 Å². The molecule has 126 valence electrons. The van der Waals surface area contributed by atoms with Crippen molar-refractivity contribution >= 4 is 27.4 Å². The third-order valence-corrected chi connectivity index (χ3v) is 4.05. The van der Waals surface area contributed by atoms with Crippen molar-refractivity contribution in [3.8, 4) is 0 Å². The smallest absolute Gasteiger partial charge is 0.303 e. The van der Waals surface area contributed by atoms with E-state index in [9.17, 15) is 28.1 Å². The Balaban J connectivity index is 3.06. The van der Waals surface area contributed by atoms with Gasteiger partial charge in [0.15, 0.2) is 9.84 Å². The maximum absolute atomic E-state index is 12.1. The van der Waals surface area contributed by atoms with Gasteiger partial charge in [-0.15, -0.1) is 0 Å². The standard InChI is InChI=1S/C13H16N2O7S/c1-8(3-4-12(16)17)14-13(18)9-5-10(15(19)20)7-11(6-9)23(2,21)22/h5-8H,3-4H2,1-2H3,(H,14,18)(H,16,17). The van der Waals surface area contributed by atoms with Crippen LogP contribution < -0.4 is 5.32 Å². The summed E-state index contributed by atoms with van der Waals surface area (Å²) in [5.41, 5.74) is -0.696. The number of benzene rings is 1.